The summed E-state index contributed by atoms with van der Waals surface area (Å²) in [5, 5.41) is 0.749. The maximum Gasteiger partial charge on any atom is 0.0708 e. The Kier molecular flexibility index (Phi) is 6.06. The molecule has 3 aromatic rings. The zero-order valence-corrected chi connectivity index (χ0v) is 18.4. The fraction of sp³-hybridized carbons (Fsp3) is 0.370. The third kappa shape index (κ3) is 4.56. The van der Waals surface area contributed by atoms with Gasteiger partial charge in [-0.2, -0.15) is 0 Å². The lowest BCUT2D eigenvalue weighted by Gasteiger charge is -2.31. The number of rotatable bonds is 4. The SMILES string of the molecule is Cc1cnc(-c2ccc(Cl)cc2)cc1-c1ccc(C2CCC(C(C)C)CC2)cc1. The van der Waals surface area contributed by atoms with E-state index in [0.29, 0.717) is 0 Å². The van der Waals surface area contributed by atoms with Crippen LogP contribution in [0, 0.1) is 18.8 Å². The van der Waals surface area contributed by atoms with Gasteiger partial charge in [-0.1, -0.05) is 61.8 Å². The third-order valence-corrected chi connectivity index (χ3v) is 6.90. The quantitative estimate of drug-likeness (QED) is 0.426. The number of halogens is 1. The van der Waals surface area contributed by atoms with Crippen LogP contribution in [-0.2, 0) is 0 Å². The van der Waals surface area contributed by atoms with E-state index in [1.807, 2.05) is 30.5 Å². The van der Waals surface area contributed by atoms with E-state index in [-0.39, 0.29) is 0 Å². The molecule has 0 spiro atoms. The Morgan fingerprint density at radius 3 is 2.10 bits per heavy atom. The molecule has 0 bridgehead atoms. The van der Waals surface area contributed by atoms with Gasteiger partial charge in [0.25, 0.3) is 0 Å². The molecule has 1 heterocycles. The van der Waals surface area contributed by atoms with Crippen LogP contribution in [0.2, 0.25) is 5.02 Å². The van der Waals surface area contributed by atoms with Crippen molar-refractivity contribution >= 4 is 11.6 Å². The van der Waals surface area contributed by atoms with Gasteiger partial charge in [-0.15, -0.1) is 0 Å². The molecule has 1 fully saturated rings. The molecule has 2 aromatic carbocycles. The molecule has 29 heavy (non-hydrogen) atoms. The van der Waals surface area contributed by atoms with Gasteiger partial charge >= 0.3 is 0 Å². The van der Waals surface area contributed by atoms with Gasteiger partial charge in [-0.05, 0) is 90.8 Å². The van der Waals surface area contributed by atoms with Crippen molar-refractivity contribution in [3.05, 3.63) is 76.9 Å². The first-order valence-electron chi connectivity index (χ1n) is 10.8. The number of hydrogen-bond donors (Lipinski definition) is 0. The number of hydrogen-bond acceptors (Lipinski definition) is 1. The number of aryl methyl sites for hydroxylation is 1. The van der Waals surface area contributed by atoms with Crippen LogP contribution in [-0.4, -0.2) is 4.98 Å². The first-order valence-corrected chi connectivity index (χ1v) is 11.2. The van der Waals surface area contributed by atoms with E-state index in [9.17, 15) is 0 Å². The molecular formula is C27H30ClN. The second kappa shape index (κ2) is 8.71. The van der Waals surface area contributed by atoms with Gasteiger partial charge in [-0.25, -0.2) is 0 Å². The van der Waals surface area contributed by atoms with Crippen LogP contribution in [0.1, 0.15) is 56.6 Å². The van der Waals surface area contributed by atoms with Gasteiger partial charge in [0, 0.05) is 16.8 Å². The Bertz CT molecular complexity index is 949. The summed E-state index contributed by atoms with van der Waals surface area (Å²) in [7, 11) is 0. The summed E-state index contributed by atoms with van der Waals surface area (Å²) in [5.74, 6) is 2.46. The second-order valence-corrected chi connectivity index (χ2v) is 9.31. The fourth-order valence-electron chi connectivity index (χ4n) is 4.67. The van der Waals surface area contributed by atoms with Gasteiger partial charge in [-0.3, -0.25) is 4.98 Å². The maximum atomic E-state index is 6.03. The summed E-state index contributed by atoms with van der Waals surface area (Å²) in [6, 6.07) is 19.4. The molecular weight excluding hydrogens is 374 g/mol. The lowest BCUT2D eigenvalue weighted by molar-refractivity contribution is 0.259. The zero-order chi connectivity index (χ0) is 20.4. The van der Waals surface area contributed by atoms with E-state index in [1.165, 1.54) is 47.9 Å². The van der Waals surface area contributed by atoms with E-state index in [1.54, 1.807) is 0 Å². The monoisotopic (exact) mass is 403 g/mol. The van der Waals surface area contributed by atoms with Crippen molar-refractivity contribution in [2.45, 2.75) is 52.4 Å². The summed E-state index contributed by atoms with van der Waals surface area (Å²) >= 11 is 6.03. The number of nitrogens with zero attached hydrogens (tertiary/aromatic N) is 1. The van der Waals surface area contributed by atoms with Crippen LogP contribution < -0.4 is 0 Å². The largest absolute Gasteiger partial charge is 0.256 e. The van der Waals surface area contributed by atoms with Gasteiger partial charge in [0.15, 0.2) is 0 Å². The van der Waals surface area contributed by atoms with Crippen molar-refractivity contribution < 1.29 is 0 Å². The van der Waals surface area contributed by atoms with E-state index in [4.69, 9.17) is 11.6 Å². The molecule has 4 rings (SSSR count). The minimum absolute atomic E-state index is 0.724. The van der Waals surface area contributed by atoms with E-state index < -0.39 is 0 Å². The average molecular weight is 404 g/mol. The molecule has 0 unspecified atom stereocenters. The molecule has 0 saturated heterocycles. The average Bonchev–Trinajstić information content (AvgIpc) is 2.75. The maximum absolute atomic E-state index is 6.03. The van der Waals surface area contributed by atoms with Gasteiger partial charge in [0.2, 0.25) is 0 Å². The molecule has 0 atom stereocenters. The Balaban J connectivity index is 1.55. The highest BCUT2D eigenvalue weighted by Gasteiger charge is 2.24. The van der Waals surface area contributed by atoms with Crippen LogP contribution in [0.3, 0.4) is 0 Å². The first-order chi connectivity index (χ1) is 14.0. The molecule has 1 aromatic heterocycles. The minimum atomic E-state index is 0.724. The second-order valence-electron chi connectivity index (χ2n) is 8.87. The third-order valence-electron chi connectivity index (χ3n) is 6.65. The van der Waals surface area contributed by atoms with E-state index in [0.717, 1.165) is 34.0 Å². The van der Waals surface area contributed by atoms with Crippen LogP contribution in [0.5, 0.6) is 0 Å². The fourth-order valence-corrected chi connectivity index (χ4v) is 4.79. The van der Waals surface area contributed by atoms with Crippen molar-refractivity contribution in [2.75, 3.05) is 0 Å². The number of pyridine rings is 1. The van der Waals surface area contributed by atoms with E-state index in [2.05, 4.69) is 56.1 Å². The Hall–Kier alpha value is -2.12. The number of aromatic nitrogens is 1. The van der Waals surface area contributed by atoms with Crippen LogP contribution in [0.15, 0.2) is 60.8 Å². The van der Waals surface area contributed by atoms with Gasteiger partial charge < -0.3 is 0 Å². The summed E-state index contributed by atoms with van der Waals surface area (Å²) in [6.07, 6.45) is 7.38. The standard InChI is InChI=1S/C27H30ClN/c1-18(2)20-4-6-21(7-5-20)22-8-10-23(11-9-22)26-16-27(29-17-19(26)3)24-12-14-25(28)15-13-24/h8-18,20-21H,4-7H2,1-3H3. The molecule has 0 N–H and O–H groups in total. The predicted octanol–water partition coefficient (Wildman–Crippen LogP) is 8.31. The molecule has 1 aliphatic rings. The Morgan fingerprint density at radius 2 is 1.48 bits per heavy atom. The first kappa shape index (κ1) is 20.2. The molecule has 0 aliphatic heterocycles. The summed E-state index contributed by atoms with van der Waals surface area (Å²) in [5.41, 5.74) is 7.29. The summed E-state index contributed by atoms with van der Waals surface area (Å²) in [4.78, 5) is 4.63. The normalized spacial score (nSPS) is 19.5. The van der Waals surface area contributed by atoms with Gasteiger partial charge in [0.05, 0.1) is 5.69 Å². The summed E-state index contributed by atoms with van der Waals surface area (Å²) in [6.45, 7) is 6.87. The molecule has 1 saturated carbocycles. The molecule has 0 radical (unpaired) electrons. The van der Waals surface area contributed by atoms with E-state index >= 15 is 0 Å². The van der Waals surface area contributed by atoms with Crippen molar-refractivity contribution in [3.8, 4) is 22.4 Å². The van der Waals surface area contributed by atoms with Crippen molar-refractivity contribution in [1.29, 1.82) is 0 Å². The topological polar surface area (TPSA) is 12.9 Å². The van der Waals surface area contributed by atoms with Crippen LogP contribution in [0.25, 0.3) is 22.4 Å². The molecule has 0 amide bonds. The highest BCUT2D eigenvalue weighted by Crippen LogP contribution is 2.39. The predicted molar refractivity (Wildman–Crippen MR) is 124 cm³/mol. The summed E-state index contributed by atoms with van der Waals surface area (Å²) < 4.78 is 0. The highest BCUT2D eigenvalue weighted by atomic mass is 35.5. The highest BCUT2D eigenvalue weighted by molar-refractivity contribution is 6.30. The Labute approximate surface area is 180 Å². The van der Waals surface area contributed by atoms with Crippen molar-refractivity contribution in [3.63, 3.8) is 0 Å². The van der Waals surface area contributed by atoms with Crippen LogP contribution in [0.4, 0.5) is 0 Å². The smallest absolute Gasteiger partial charge is 0.0708 e. The lowest BCUT2D eigenvalue weighted by Crippen LogP contribution is -2.17. The molecule has 1 aliphatic carbocycles. The van der Waals surface area contributed by atoms with Crippen molar-refractivity contribution in [1.82, 2.24) is 4.98 Å². The molecule has 2 heteroatoms. The molecule has 1 nitrogen and oxygen atoms in total. The van der Waals surface area contributed by atoms with Crippen LogP contribution >= 0.6 is 11.6 Å². The zero-order valence-electron chi connectivity index (χ0n) is 17.7. The number of benzene rings is 2. The lowest BCUT2D eigenvalue weighted by atomic mass is 9.74. The Morgan fingerprint density at radius 1 is 0.862 bits per heavy atom. The van der Waals surface area contributed by atoms with Crippen molar-refractivity contribution in [2.24, 2.45) is 11.8 Å². The molecule has 150 valence electrons. The van der Waals surface area contributed by atoms with Gasteiger partial charge in [0.1, 0.15) is 0 Å². The minimum Gasteiger partial charge on any atom is -0.256 e.